The molecule has 0 amide bonds. The lowest BCUT2D eigenvalue weighted by Crippen LogP contribution is -2.15. The van der Waals surface area contributed by atoms with Crippen LogP contribution in [0.25, 0.3) is 39.3 Å². The number of benzene rings is 3. The van der Waals surface area contributed by atoms with Crippen molar-refractivity contribution in [3.8, 4) is 28.4 Å². The van der Waals surface area contributed by atoms with Gasteiger partial charge in [0, 0.05) is 29.5 Å². The molecule has 35 heavy (non-hydrogen) atoms. The molecule has 0 bridgehead atoms. The van der Waals surface area contributed by atoms with E-state index in [1.807, 2.05) is 71.6 Å². The van der Waals surface area contributed by atoms with Gasteiger partial charge in [-0.05, 0) is 48.6 Å². The molecule has 6 rings (SSSR count). The van der Waals surface area contributed by atoms with Crippen molar-refractivity contribution in [2.75, 3.05) is 13.2 Å². The second kappa shape index (κ2) is 8.69. The van der Waals surface area contributed by atoms with E-state index in [2.05, 4.69) is 4.98 Å². The highest BCUT2D eigenvalue weighted by Gasteiger charge is 2.17. The van der Waals surface area contributed by atoms with Gasteiger partial charge in [0.1, 0.15) is 23.9 Å². The van der Waals surface area contributed by atoms with Gasteiger partial charge in [0.15, 0.2) is 11.5 Å². The molecule has 0 unspecified atom stereocenters. The molecule has 0 radical (unpaired) electrons. The summed E-state index contributed by atoms with van der Waals surface area (Å²) in [4.78, 5) is 15.3. The first kappa shape index (κ1) is 21.1. The summed E-state index contributed by atoms with van der Waals surface area (Å²) in [6.45, 7) is 1.05. The van der Waals surface area contributed by atoms with Gasteiger partial charge in [-0.15, -0.1) is 11.3 Å². The van der Waals surface area contributed by atoms with Crippen molar-refractivity contribution < 1.29 is 14.4 Å². The number of nitro groups is 1. The first-order valence-corrected chi connectivity index (χ1v) is 11.7. The molecule has 172 valence electrons. The normalized spacial score (nSPS) is 12.9. The molecule has 8 nitrogen and oxygen atoms in total. The maximum atomic E-state index is 11.1. The van der Waals surface area contributed by atoms with Crippen molar-refractivity contribution >= 4 is 39.4 Å². The SMILES string of the molecule is O=[N+]([O-])c1ccc2nc(/C=C/c3cn(-c4ccccc4)nc3-c3ccc4c(c3)OCCO4)sc2c1. The predicted molar refractivity (Wildman–Crippen MR) is 135 cm³/mol. The van der Waals surface area contributed by atoms with Crippen LogP contribution in [-0.4, -0.2) is 32.9 Å². The van der Waals surface area contributed by atoms with E-state index in [1.165, 1.54) is 17.4 Å². The van der Waals surface area contributed by atoms with Crippen molar-refractivity contribution in [3.05, 3.63) is 93.6 Å². The van der Waals surface area contributed by atoms with E-state index in [9.17, 15) is 10.1 Å². The van der Waals surface area contributed by atoms with Gasteiger partial charge in [0.2, 0.25) is 0 Å². The molecule has 3 aromatic carbocycles. The van der Waals surface area contributed by atoms with E-state index in [0.717, 1.165) is 43.5 Å². The molecule has 0 saturated heterocycles. The summed E-state index contributed by atoms with van der Waals surface area (Å²) in [6.07, 6.45) is 5.84. The monoisotopic (exact) mass is 482 g/mol. The molecule has 0 N–H and O–H groups in total. The number of hydrogen-bond acceptors (Lipinski definition) is 7. The Morgan fingerprint density at radius 2 is 1.80 bits per heavy atom. The van der Waals surface area contributed by atoms with E-state index >= 15 is 0 Å². The van der Waals surface area contributed by atoms with Crippen LogP contribution in [0, 0.1) is 10.1 Å². The van der Waals surface area contributed by atoms with Crippen LogP contribution >= 0.6 is 11.3 Å². The zero-order valence-electron chi connectivity index (χ0n) is 18.3. The molecule has 1 aliphatic heterocycles. The van der Waals surface area contributed by atoms with Gasteiger partial charge < -0.3 is 9.47 Å². The molecule has 0 atom stereocenters. The topological polar surface area (TPSA) is 92.3 Å². The van der Waals surface area contributed by atoms with Crippen LogP contribution < -0.4 is 9.47 Å². The van der Waals surface area contributed by atoms with E-state index < -0.39 is 4.92 Å². The minimum absolute atomic E-state index is 0.0571. The summed E-state index contributed by atoms with van der Waals surface area (Å²) < 4.78 is 14.0. The Balaban J connectivity index is 1.41. The zero-order chi connectivity index (χ0) is 23.8. The van der Waals surface area contributed by atoms with Crippen LogP contribution in [0.15, 0.2) is 72.9 Å². The van der Waals surface area contributed by atoms with Crippen molar-refractivity contribution in [2.45, 2.75) is 0 Å². The average molecular weight is 483 g/mol. The van der Waals surface area contributed by atoms with Gasteiger partial charge >= 0.3 is 0 Å². The molecule has 0 aliphatic carbocycles. The molecule has 1 aliphatic rings. The second-order valence-corrected chi connectivity index (χ2v) is 8.93. The third-order valence-corrected chi connectivity index (χ3v) is 6.57. The summed E-state index contributed by atoms with van der Waals surface area (Å²) in [5.74, 6) is 1.42. The Labute approximate surface area is 203 Å². The van der Waals surface area contributed by atoms with Crippen molar-refractivity contribution in [1.29, 1.82) is 0 Å². The van der Waals surface area contributed by atoms with Crippen molar-refractivity contribution in [1.82, 2.24) is 14.8 Å². The fourth-order valence-electron chi connectivity index (χ4n) is 3.91. The molecule has 0 saturated carbocycles. The van der Waals surface area contributed by atoms with Crippen LogP contribution in [0.5, 0.6) is 11.5 Å². The zero-order valence-corrected chi connectivity index (χ0v) is 19.1. The minimum atomic E-state index is -0.397. The molecule has 9 heteroatoms. The highest BCUT2D eigenvalue weighted by Crippen LogP contribution is 2.36. The third kappa shape index (κ3) is 4.13. The maximum Gasteiger partial charge on any atom is 0.270 e. The summed E-state index contributed by atoms with van der Waals surface area (Å²) in [5.41, 5.74) is 4.32. The standard InChI is InChI=1S/C26H18N4O4S/c31-30(32)20-8-9-21-24(15-20)35-25(27-21)11-7-18-16-29(19-4-2-1-3-5-19)28-26(18)17-6-10-22-23(14-17)34-13-12-33-22/h1-11,14-16H,12-13H2/b11-7+. The summed E-state index contributed by atoms with van der Waals surface area (Å²) in [5, 5.41) is 16.7. The number of fused-ring (bicyclic) bond motifs is 2. The molecular formula is C26H18N4O4S. The largest absolute Gasteiger partial charge is 0.486 e. The van der Waals surface area contributed by atoms with Gasteiger partial charge in [-0.1, -0.05) is 18.2 Å². The lowest BCUT2D eigenvalue weighted by molar-refractivity contribution is -0.384. The number of non-ortho nitro benzene ring substituents is 1. The Morgan fingerprint density at radius 1 is 0.971 bits per heavy atom. The number of thiazole rings is 1. The molecule has 3 heterocycles. The van der Waals surface area contributed by atoms with Gasteiger partial charge in [0.05, 0.1) is 20.8 Å². The van der Waals surface area contributed by atoms with Crippen LogP contribution in [0.1, 0.15) is 10.6 Å². The summed E-state index contributed by atoms with van der Waals surface area (Å²) >= 11 is 1.41. The van der Waals surface area contributed by atoms with Crippen LogP contribution in [0.4, 0.5) is 5.69 Å². The van der Waals surface area contributed by atoms with Crippen molar-refractivity contribution in [3.63, 3.8) is 0 Å². The van der Waals surface area contributed by atoms with Gasteiger partial charge in [-0.3, -0.25) is 10.1 Å². The van der Waals surface area contributed by atoms with Crippen LogP contribution in [0.3, 0.4) is 0 Å². The highest BCUT2D eigenvalue weighted by molar-refractivity contribution is 7.19. The number of para-hydroxylation sites is 1. The van der Waals surface area contributed by atoms with E-state index in [1.54, 1.807) is 12.1 Å². The number of nitrogens with zero attached hydrogens (tertiary/aromatic N) is 4. The fourth-order valence-corrected chi connectivity index (χ4v) is 4.82. The quantitative estimate of drug-likeness (QED) is 0.225. The summed E-state index contributed by atoms with van der Waals surface area (Å²) in [6, 6.07) is 20.4. The highest BCUT2D eigenvalue weighted by atomic mass is 32.1. The van der Waals surface area contributed by atoms with Crippen LogP contribution in [0.2, 0.25) is 0 Å². The molecule has 0 fully saturated rings. The van der Waals surface area contributed by atoms with E-state index in [-0.39, 0.29) is 5.69 Å². The van der Waals surface area contributed by atoms with Gasteiger partial charge in [0.25, 0.3) is 5.69 Å². The summed E-state index contributed by atoms with van der Waals surface area (Å²) in [7, 11) is 0. The number of hydrogen-bond donors (Lipinski definition) is 0. The Bertz CT molecular complexity index is 1590. The maximum absolute atomic E-state index is 11.1. The lowest BCUT2D eigenvalue weighted by Gasteiger charge is -2.18. The average Bonchev–Trinajstić information content (AvgIpc) is 3.51. The van der Waals surface area contributed by atoms with E-state index in [4.69, 9.17) is 14.6 Å². The number of nitro benzene ring substituents is 1. The molecule has 0 spiro atoms. The Hall–Kier alpha value is -4.50. The van der Waals surface area contributed by atoms with Crippen molar-refractivity contribution in [2.24, 2.45) is 0 Å². The Kier molecular flexibility index (Phi) is 5.23. The predicted octanol–water partition coefficient (Wildman–Crippen LogP) is 6.00. The smallest absolute Gasteiger partial charge is 0.270 e. The lowest BCUT2D eigenvalue weighted by atomic mass is 10.1. The number of ether oxygens (including phenoxy) is 2. The molecular weight excluding hydrogens is 464 g/mol. The first-order chi connectivity index (χ1) is 17.1. The number of rotatable bonds is 5. The molecule has 2 aromatic heterocycles. The van der Waals surface area contributed by atoms with Gasteiger partial charge in [-0.2, -0.15) is 5.10 Å². The minimum Gasteiger partial charge on any atom is -0.486 e. The third-order valence-electron chi connectivity index (χ3n) is 5.58. The van der Waals surface area contributed by atoms with Gasteiger partial charge in [-0.25, -0.2) is 9.67 Å². The molecule has 5 aromatic rings. The second-order valence-electron chi connectivity index (χ2n) is 7.87. The Morgan fingerprint density at radius 3 is 2.63 bits per heavy atom. The fraction of sp³-hybridized carbons (Fsp3) is 0.0769. The first-order valence-electron chi connectivity index (χ1n) is 10.9. The van der Waals surface area contributed by atoms with Crippen LogP contribution in [-0.2, 0) is 0 Å². The van der Waals surface area contributed by atoms with E-state index in [0.29, 0.717) is 19.0 Å². The number of aromatic nitrogens is 3.